The highest BCUT2D eigenvalue weighted by atomic mass is 19.4. The molecule has 0 amide bonds. The van der Waals surface area contributed by atoms with Gasteiger partial charge in [0.2, 0.25) is 0 Å². The van der Waals surface area contributed by atoms with Crippen LogP contribution in [0.2, 0.25) is 0 Å². The predicted octanol–water partition coefficient (Wildman–Crippen LogP) is 6.05. The van der Waals surface area contributed by atoms with E-state index in [0.29, 0.717) is 22.5 Å². The summed E-state index contributed by atoms with van der Waals surface area (Å²) >= 11 is 0. The molecular formula is C20H16F3N. The number of benzene rings is 2. The van der Waals surface area contributed by atoms with Gasteiger partial charge in [0, 0.05) is 11.1 Å². The van der Waals surface area contributed by atoms with E-state index in [1.807, 2.05) is 50.2 Å². The van der Waals surface area contributed by atoms with E-state index in [4.69, 9.17) is 0 Å². The second-order valence-electron chi connectivity index (χ2n) is 5.86. The average molecular weight is 327 g/mol. The molecule has 0 spiro atoms. The summed E-state index contributed by atoms with van der Waals surface area (Å²) in [4.78, 5) is 4.47. The topological polar surface area (TPSA) is 12.9 Å². The van der Waals surface area contributed by atoms with Crippen LogP contribution in [0, 0.1) is 13.8 Å². The molecule has 0 atom stereocenters. The number of hydrogen-bond acceptors (Lipinski definition) is 1. The Morgan fingerprint density at radius 3 is 1.54 bits per heavy atom. The lowest BCUT2D eigenvalue weighted by molar-refractivity contribution is -0.137. The lowest BCUT2D eigenvalue weighted by Crippen LogP contribution is -2.06. The molecule has 1 heterocycles. The van der Waals surface area contributed by atoms with Crippen molar-refractivity contribution in [2.75, 3.05) is 0 Å². The molecule has 24 heavy (non-hydrogen) atoms. The molecule has 0 aliphatic rings. The van der Waals surface area contributed by atoms with Crippen molar-refractivity contribution in [3.63, 3.8) is 0 Å². The summed E-state index contributed by atoms with van der Waals surface area (Å²) in [7, 11) is 0. The third kappa shape index (κ3) is 3.48. The van der Waals surface area contributed by atoms with E-state index in [0.717, 1.165) is 23.3 Å². The monoisotopic (exact) mass is 327 g/mol. The molecule has 3 aromatic rings. The smallest absolute Gasteiger partial charge is 0.248 e. The number of rotatable bonds is 2. The van der Waals surface area contributed by atoms with Gasteiger partial charge in [-0.25, -0.2) is 4.98 Å². The summed E-state index contributed by atoms with van der Waals surface area (Å²) in [6, 6.07) is 16.9. The maximum Gasteiger partial charge on any atom is 0.416 e. The number of aromatic nitrogens is 1. The van der Waals surface area contributed by atoms with E-state index in [2.05, 4.69) is 4.98 Å². The fourth-order valence-electron chi connectivity index (χ4n) is 2.60. The van der Waals surface area contributed by atoms with Crippen molar-refractivity contribution < 1.29 is 13.2 Å². The first-order valence-electron chi connectivity index (χ1n) is 7.56. The number of halogens is 3. The minimum Gasteiger partial charge on any atom is -0.248 e. The summed E-state index contributed by atoms with van der Waals surface area (Å²) in [5.74, 6) is 0. The van der Waals surface area contributed by atoms with Crippen LogP contribution in [-0.2, 0) is 6.18 Å². The maximum atomic E-state index is 13.3. The van der Waals surface area contributed by atoms with Crippen LogP contribution in [0.15, 0.2) is 60.7 Å². The molecule has 2 aromatic carbocycles. The number of nitrogens with zero attached hydrogens (tertiary/aromatic N) is 1. The van der Waals surface area contributed by atoms with Crippen molar-refractivity contribution in [1.82, 2.24) is 4.98 Å². The van der Waals surface area contributed by atoms with Crippen LogP contribution in [-0.4, -0.2) is 4.98 Å². The SMILES string of the molecule is Cc1cccc(-c2cc(C(F)(F)F)cc(-c3cccc(C)c3)n2)c1. The van der Waals surface area contributed by atoms with E-state index < -0.39 is 11.7 Å². The van der Waals surface area contributed by atoms with Crippen molar-refractivity contribution in [1.29, 1.82) is 0 Å². The standard InChI is InChI=1S/C20H16F3N/c1-13-5-3-7-15(9-13)18-11-17(20(21,22)23)12-19(24-18)16-8-4-6-14(2)10-16/h3-12H,1-2H3. The third-order valence-corrected chi connectivity index (χ3v) is 3.78. The highest BCUT2D eigenvalue weighted by molar-refractivity contribution is 5.68. The number of pyridine rings is 1. The molecule has 1 aromatic heterocycles. The van der Waals surface area contributed by atoms with Crippen LogP contribution in [0.1, 0.15) is 16.7 Å². The molecule has 0 N–H and O–H groups in total. The molecule has 0 aliphatic carbocycles. The fraction of sp³-hybridized carbons (Fsp3) is 0.150. The molecule has 0 unspecified atom stereocenters. The Morgan fingerprint density at radius 1 is 0.708 bits per heavy atom. The van der Waals surface area contributed by atoms with Gasteiger partial charge in [0.05, 0.1) is 17.0 Å². The first kappa shape index (κ1) is 16.2. The van der Waals surface area contributed by atoms with Crippen LogP contribution < -0.4 is 0 Å². The lowest BCUT2D eigenvalue weighted by atomic mass is 10.0. The molecular weight excluding hydrogens is 311 g/mol. The minimum absolute atomic E-state index is 0.324. The second-order valence-corrected chi connectivity index (χ2v) is 5.86. The zero-order valence-electron chi connectivity index (χ0n) is 13.4. The van der Waals surface area contributed by atoms with Gasteiger partial charge in [-0.05, 0) is 38.1 Å². The molecule has 122 valence electrons. The van der Waals surface area contributed by atoms with Gasteiger partial charge in [-0.1, -0.05) is 47.5 Å². The summed E-state index contributed by atoms with van der Waals surface area (Å²) in [5, 5.41) is 0. The summed E-state index contributed by atoms with van der Waals surface area (Å²) in [6.07, 6.45) is -4.42. The lowest BCUT2D eigenvalue weighted by Gasteiger charge is -2.12. The molecule has 0 fully saturated rings. The van der Waals surface area contributed by atoms with Crippen LogP contribution in [0.4, 0.5) is 13.2 Å². The van der Waals surface area contributed by atoms with Crippen LogP contribution in [0.3, 0.4) is 0 Å². The Balaban J connectivity index is 2.21. The van der Waals surface area contributed by atoms with Gasteiger partial charge in [0.1, 0.15) is 0 Å². The number of alkyl halides is 3. The molecule has 1 nitrogen and oxygen atoms in total. The molecule has 0 bridgehead atoms. The van der Waals surface area contributed by atoms with Crippen molar-refractivity contribution in [2.24, 2.45) is 0 Å². The summed E-state index contributed by atoms with van der Waals surface area (Å²) < 4.78 is 39.9. The van der Waals surface area contributed by atoms with E-state index in [9.17, 15) is 13.2 Å². The Hall–Kier alpha value is -2.62. The highest BCUT2D eigenvalue weighted by Gasteiger charge is 2.31. The molecule has 0 saturated heterocycles. The van der Waals surface area contributed by atoms with Gasteiger partial charge in [0.25, 0.3) is 0 Å². The van der Waals surface area contributed by atoms with E-state index in [1.54, 1.807) is 12.1 Å². The predicted molar refractivity (Wildman–Crippen MR) is 89.6 cm³/mol. The van der Waals surface area contributed by atoms with Gasteiger partial charge >= 0.3 is 6.18 Å². The van der Waals surface area contributed by atoms with Crippen molar-refractivity contribution in [2.45, 2.75) is 20.0 Å². The summed E-state index contributed by atoms with van der Waals surface area (Å²) in [6.45, 7) is 3.80. The first-order chi connectivity index (χ1) is 11.3. The van der Waals surface area contributed by atoms with Gasteiger partial charge < -0.3 is 0 Å². The Kier molecular flexibility index (Phi) is 4.14. The Labute approximate surface area is 138 Å². The van der Waals surface area contributed by atoms with Gasteiger partial charge in [0.15, 0.2) is 0 Å². The molecule has 4 heteroatoms. The summed E-state index contributed by atoms with van der Waals surface area (Å²) in [5.41, 5.74) is 3.26. The quantitative estimate of drug-likeness (QED) is 0.558. The normalized spacial score (nSPS) is 11.5. The first-order valence-corrected chi connectivity index (χ1v) is 7.56. The zero-order valence-corrected chi connectivity index (χ0v) is 13.4. The van der Waals surface area contributed by atoms with Gasteiger partial charge in [-0.3, -0.25) is 0 Å². The zero-order chi connectivity index (χ0) is 17.3. The van der Waals surface area contributed by atoms with Crippen molar-refractivity contribution >= 4 is 0 Å². The van der Waals surface area contributed by atoms with E-state index >= 15 is 0 Å². The van der Waals surface area contributed by atoms with Crippen LogP contribution in [0.5, 0.6) is 0 Å². The minimum atomic E-state index is -4.42. The van der Waals surface area contributed by atoms with E-state index in [-0.39, 0.29) is 0 Å². The van der Waals surface area contributed by atoms with Crippen molar-refractivity contribution in [3.05, 3.63) is 77.4 Å². The largest absolute Gasteiger partial charge is 0.416 e. The number of aryl methyl sites for hydroxylation is 2. The number of hydrogen-bond donors (Lipinski definition) is 0. The second kappa shape index (κ2) is 6.11. The van der Waals surface area contributed by atoms with Crippen molar-refractivity contribution in [3.8, 4) is 22.5 Å². The highest BCUT2D eigenvalue weighted by Crippen LogP contribution is 2.34. The fourth-order valence-corrected chi connectivity index (χ4v) is 2.60. The van der Waals surface area contributed by atoms with Crippen LogP contribution in [0.25, 0.3) is 22.5 Å². The maximum absolute atomic E-state index is 13.3. The third-order valence-electron chi connectivity index (χ3n) is 3.78. The van der Waals surface area contributed by atoms with Gasteiger partial charge in [-0.15, -0.1) is 0 Å². The molecule has 0 radical (unpaired) electrons. The Morgan fingerprint density at radius 2 is 1.17 bits per heavy atom. The van der Waals surface area contributed by atoms with Gasteiger partial charge in [-0.2, -0.15) is 13.2 Å². The Bertz CT molecular complexity index is 818. The average Bonchev–Trinajstić information content (AvgIpc) is 2.53. The molecule has 3 rings (SSSR count). The van der Waals surface area contributed by atoms with Crippen LogP contribution >= 0.6 is 0 Å². The molecule has 0 saturated carbocycles. The molecule has 0 aliphatic heterocycles. The van der Waals surface area contributed by atoms with E-state index in [1.165, 1.54) is 0 Å².